The standard InChI is InChI=1S/C14H12ClFN2O3S/c1-21-14(20)8-5-10(17)7(4-9(8)16)6-18-13(19)11-2-3-12(15)22-11/h2-5H,6,17H2,1H3,(H,18,19). The van der Waals surface area contributed by atoms with Gasteiger partial charge in [-0.1, -0.05) is 11.6 Å². The number of anilines is 1. The molecule has 0 aliphatic carbocycles. The number of esters is 1. The van der Waals surface area contributed by atoms with Crippen LogP contribution in [0.1, 0.15) is 25.6 Å². The van der Waals surface area contributed by atoms with Gasteiger partial charge in [0.1, 0.15) is 5.82 Å². The maximum atomic E-state index is 13.8. The molecule has 0 aliphatic rings. The lowest BCUT2D eigenvalue weighted by atomic mass is 10.1. The van der Waals surface area contributed by atoms with Gasteiger partial charge in [-0.2, -0.15) is 0 Å². The first-order valence-electron chi connectivity index (χ1n) is 6.12. The Morgan fingerprint density at radius 1 is 1.41 bits per heavy atom. The van der Waals surface area contributed by atoms with E-state index in [1.165, 1.54) is 6.07 Å². The van der Waals surface area contributed by atoms with E-state index in [4.69, 9.17) is 17.3 Å². The van der Waals surface area contributed by atoms with Gasteiger partial charge in [-0.25, -0.2) is 9.18 Å². The number of nitrogens with two attached hydrogens (primary N) is 1. The summed E-state index contributed by atoms with van der Waals surface area (Å²) in [4.78, 5) is 23.7. The van der Waals surface area contributed by atoms with E-state index < -0.39 is 11.8 Å². The molecular weight excluding hydrogens is 331 g/mol. The first kappa shape index (κ1) is 16.3. The summed E-state index contributed by atoms with van der Waals surface area (Å²) in [6.45, 7) is 0.0263. The Morgan fingerprint density at radius 2 is 2.14 bits per heavy atom. The zero-order valence-electron chi connectivity index (χ0n) is 11.5. The van der Waals surface area contributed by atoms with Crippen LogP contribution in [0.15, 0.2) is 24.3 Å². The molecular formula is C14H12ClFN2O3S. The smallest absolute Gasteiger partial charge is 0.340 e. The molecule has 3 N–H and O–H groups in total. The van der Waals surface area contributed by atoms with Gasteiger partial charge in [0.2, 0.25) is 0 Å². The Labute approximate surface area is 134 Å². The Hall–Kier alpha value is -2.12. The van der Waals surface area contributed by atoms with Crippen molar-refractivity contribution in [2.45, 2.75) is 6.54 Å². The summed E-state index contributed by atoms with van der Waals surface area (Å²) < 4.78 is 18.8. The van der Waals surface area contributed by atoms with Crippen molar-refractivity contribution in [3.8, 4) is 0 Å². The number of carbonyl (C=O) groups excluding carboxylic acids is 2. The Morgan fingerprint density at radius 3 is 2.73 bits per heavy atom. The second-order valence-electron chi connectivity index (χ2n) is 4.31. The predicted molar refractivity (Wildman–Crippen MR) is 82.7 cm³/mol. The first-order chi connectivity index (χ1) is 10.4. The molecule has 2 rings (SSSR count). The normalized spacial score (nSPS) is 10.3. The zero-order valence-corrected chi connectivity index (χ0v) is 13.1. The van der Waals surface area contributed by atoms with Gasteiger partial charge in [0.25, 0.3) is 5.91 Å². The summed E-state index contributed by atoms with van der Waals surface area (Å²) in [6.07, 6.45) is 0. The van der Waals surface area contributed by atoms with E-state index in [-0.39, 0.29) is 23.7 Å². The van der Waals surface area contributed by atoms with Crippen molar-refractivity contribution >= 4 is 40.5 Å². The number of ether oxygens (including phenoxy) is 1. The number of nitrogen functional groups attached to an aromatic ring is 1. The minimum Gasteiger partial charge on any atom is -0.465 e. The van der Waals surface area contributed by atoms with E-state index in [0.29, 0.717) is 14.8 Å². The maximum absolute atomic E-state index is 13.8. The van der Waals surface area contributed by atoms with Crippen LogP contribution >= 0.6 is 22.9 Å². The van der Waals surface area contributed by atoms with Gasteiger partial charge in [-0.3, -0.25) is 4.79 Å². The summed E-state index contributed by atoms with van der Waals surface area (Å²) in [5.41, 5.74) is 6.07. The minimum absolute atomic E-state index is 0.0263. The third-order valence-electron chi connectivity index (χ3n) is 2.87. The summed E-state index contributed by atoms with van der Waals surface area (Å²) in [7, 11) is 1.15. The first-order valence-corrected chi connectivity index (χ1v) is 7.31. The molecule has 8 heteroatoms. The van der Waals surface area contributed by atoms with Crippen molar-refractivity contribution in [1.29, 1.82) is 0 Å². The summed E-state index contributed by atoms with van der Waals surface area (Å²) in [6, 6.07) is 5.49. The van der Waals surface area contributed by atoms with E-state index >= 15 is 0 Å². The molecule has 0 radical (unpaired) electrons. The van der Waals surface area contributed by atoms with E-state index in [2.05, 4.69) is 10.1 Å². The number of nitrogens with one attached hydrogen (secondary N) is 1. The highest BCUT2D eigenvalue weighted by atomic mass is 35.5. The molecule has 0 spiro atoms. The molecule has 0 atom stereocenters. The highest BCUT2D eigenvalue weighted by Gasteiger charge is 2.16. The molecule has 0 aliphatic heterocycles. The summed E-state index contributed by atoms with van der Waals surface area (Å²) in [5, 5.41) is 2.61. The zero-order chi connectivity index (χ0) is 16.3. The molecule has 5 nitrogen and oxygen atoms in total. The molecule has 116 valence electrons. The SMILES string of the molecule is COC(=O)c1cc(N)c(CNC(=O)c2ccc(Cl)s2)cc1F. The second-order valence-corrected chi connectivity index (χ2v) is 6.02. The average Bonchev–Trinajstić information content (AvgIpc) is 2.93. The number of methoxy groups -OCH3 is 1. The monoisotopic (exact) mass is 342 g/mol. The fourth-order valence-corrected chi connectivity index (χ4v) is 2.71. The number of amides is 1. The van der Waals surface area contributed by atoms with Gasteiger partial charge >= 0.3 is 5.97 Å². The molecule has 0 bridgehead atoms. The number of thiophene rings is 1. The van der Waals surface area contributed by atoms with Crippen LogP contribution in [0.4, 0.5) is 10.1 Å². The minimum atomic E-state index is -0.812. The third kappa shape index (κ3) is 3.55. The van der Waals surface area contributed by atoms with Gasteiger partial charge in [-0.15, -0.1) is 11.3 Å². The molecule has 0 saturated carbocycles. The fraction of sp³-hybridized carbons (Fsp3) is 0.143. The second kappa shape index (κ2) is 6.76. The van der Waals surface area contributed by atoms with Gasteiger partial charge in [0, 0.05) is 12.2 Å². The largest absolute Gasteiger partial charge is 0.465 e. The van der Waals surface area contributed by atoms with Gasteiger partial charge in [0.15, 0.2) is 0 Å². The van der Waals surface area contributed by atoms with Gasteiger partial charge in [0.05, 0.1) is 21.9 Å². The molecule has 1 amide bonds. The molecule has 1 heterocycles. The number of hydrogen-bond acceptors (Lipinski definition) is 5. The molecule has 0 unspecified atom stereocenters. The van der Waals surface area contributed by atoms with E-state index in [0.717, 1.165) is 24.5 Å². The summed E-state index contributed by atoms with van der Waals surface area (Å²) >= 11 is 6.89. The average molecular weight is 343 g/mol. The fourth-order valence-electron chi connectivity index (χ4n) is 1.75. The van der Waals surface area contributed by atoms with E-state index in [9.17, 15) is 14.0 Å². The van der Waals surface area contributed by atoms with Crippen LogP contribution in [0.3, 0.4) is 0 Å². The molecule has 0 saturated heterocycles. The Bertz CT molecular complexity index is 733. The van der Waals surface area contributed by atoms with Crippen molar-refractivity contribution in [2.24, 2.45) is 0 Å². The number of benzene rings is 1. The van der Waals surface area contributed by atoms with E-state index in [1.807, 2.05) is 0 Å². The van der Waals surface area contributed by atoms with Crippen molar-refractivity contribution in [3.63, 3.8) is 0 Å². The highest BCUT2D eigenvalue weighted by molar-refractivity contribution is 7.17. The van der Waals surface area contributed by atoms with Gasteiger partial charge in [-0.05, 0) is 29.8 Å². The van der Waals surface area contributed by atoms with Crippen LogP contribution in [-0.2, 0) is 11.3 Å². The molecule has 1 aromatic heterocycles. The number of carbonyl (C=O) groups is 2. The number of rotatable bonds is 4. The molecule has 0 fully saturated rings. The van der Waals surface area contributed by atoms with Crippen molar-refractivity contribution in [3.05, 3.63) is 50.4 Å². The topological polar surface area (TPSA) is 81.4 Å². The lowest BCUT2D eigenvalue weighted by Gasteiger charge is -2.10. The van der Waals surface area contributed by atoms with Gasteiger partial charge < -0.3 is 15.8 Å². The van der Waals surface area contributed by atoms with Crippen LogP contribution < -0.4 is 11.1 Å². The Balaban J connectivity index is 2.12. The number of halogens is 2. The van der Waals surface area contributed by atoms with Crippen molar-refractivity contribution < 1.29 is 18.7 Å². The quantitative estimate of drug-likeness (QED) is 0.661. The predicted octanol–water partition coefficient (Wildman–Crippen LogP) is 2.84. The lowest BCUT2D eigenvalue weighted by molar-refractivity contribution is 0.0595. The lowest BCUT2D eigenvalue weighted by Crippen LogP contribution is -2.22. The van der Waals surface area contributed by atoms with Crippen molar-refractivity contribution in [1.82, 2.24) is 5.32 Å². The molecule has 22 heavy (non-hydrogen) atoms. The van der Waals surface area contributed by atoms with E-state index in [1.54, 1.807) is 12.1 Å². The highest BCUT2D eigenvalue weighted by Crippen LogP contribution is 2.22. The third-order valence-corrected chi connectivity index (χ3v) is 4.10. The van der Waals surface area contributed by atoms with Crippen LogP contribution in [0.5, 0.6) is 0 Å². The molecule has 2 aromatic rings. The van der Waals surface area contributed by atoms with Crippen molar-refractivity contribution in [2.75, 3.05) is 12.8 Å². The Kier molecular flexibility index (Phi) is 4.99. The molecule has 1 aromatic carbocycles. The van der Waals surface area contributed by atoms with Crippen LogP contribution in [0.2, 0.25) is 4.34 Å². The van der Waals surface area contributed by atoms with Crippen LogP contribution in [0, 0.1) is 5.82 Å². The maximum Gasteiger partial charge on any atom is 0.340 e. The number of hydrogen-bond donors (Lipinski definition) is 2. The van der Waals surface area contributed by atoms with Crippen LogP contribution in [0.25, 0.3) is 0 Å². The summed E-state index contributed by atoms with van der Waals surface area (Å²) in [5.74, 6) is -1.91. The van der Waals surface area contributed by atoms with Crippen LogP contribution in [-0.4, -0.2) is 19.0 Å².